The minimum Gasteiger partial charge on any atom is -0.374 e. The second kappa shape index (κ2) is 4.11. The average molecular weight is 221 g/mol. The standard InChI is InChI=1S/C9H11ClF2N2/c1-14(2)9-6(10)3-7(11)5(4-13)8(9)12/h3H,4,13H2,1-2H3. The van der Waals surface area contributed by atoms with E-state index in [0.717, 1.165) is 6.07 Å². The summed E-state index contributed by atoms with van der Waals surface area (Å²) in [5, 5.41) is 0.0437. The zero-order valence-electron chi connectivity index (χ0n) is 7.94. The van der Waals surface area contributed by atoms with Gasteiger partial charge in [-0.25, -0.2) is 8.78 Å². The van der Waals surface area contributed by atoms with Crippen molar-refractivity contribution < 1.29 is 8.78 Å². The van der Waals surface area contributed by atoms with E-state index in [1.165, 1.54) is 4.90 Å². The van der Waals surface area contributed by atoms with E-state index >= 15 is 0 Å². The van der Waals surface area contributed by atoms with Crippen LogP contribution in [-0.2, 0) is 6.54 Å². The fourth-order valence-corrected chi connectivity index (χ4v) is 1.56. The van der Waals surface area contributed by atoms with Gasteiger partial charge in [0.15, 0.2) is 5.82 Å². The van der Waals surface area contributed by atoms with Gasteiger partial charge in [0, 0.05) is 26.2 Å². The smallest absolute Gasteiger partial charge is 0.155 e. The Balaban J connectivity index is 3.44. The van der Waals surface area contributed by atoms with E-state index < -0.39 is 11.6 Å². The lowest BCUT2D eigenvalue weighted by atomic mass is 10.1. The van der Waals surface area contributed by atoms with Crippen LogP contribution in [0.1, 0.15) is 5.56 Å². The highest BCUT2D eigenvalue weighted by Crippen LogP contribution is 2.31. The molecule has 1 rings (SSSR count). The third-order valence-corrected chi connectivity index (χ3v) is 2.18. The third-order valence-electron chi connectivity index (χ3n) is 1.89. The van der Waals surface area contributed by atoms with E-state index in [2.05, 4.69) is 0 Å². The van der Waals surface area contributed by atoms with Crippen molar-refractivity contribution in [1.82, 2.24) is 0 Å². The highest BCUT2D eigenvalue weighted by Gasteiger charge is 2.17. The molecule has 1 aromatic carbocycles. The van der Waals surface area contributed by atoms with Gasteiger partial charge in [-0.2, -0.15) is 0 Å². The molecular weight excluding hydrogens is 210 g/mol. The molecular formula is C9H11ClF2N2. The van der Waals surface area contributed by atoms with E-state index in [-0.39, 0.29) is 22.8 Å². The Kier molecular flexibility index (Phi) is 3.29. The van der Waals surface area contributed by atoms with E-state index in [1.807, 2.05) is 0 Å². The van der Waals surface area contributed by atoms with Crippen molar-refractivity contribution in [2.75, 3.05) is 19.0 Å². The van der Waals surface area contributed by atoms with Gasteiger partial charge >= 0.3 is 0 Å². The molecule has 5 heteroatoms. The summed E-state index contributed by atoms with van der Waals surface area (Å²) in [5.74, 6) is -1.40. The first-order valence-corrected chi connectivity index (χ1v) is 4.40. The first-order valence-electron chi connectivity index (χ1n) is 4.02. The molecule has 0 bridgehead atoms. The Labute approximate surface area is 86.3 Å². The van der Waals surface area contributed by atoms with E-state index in [9.17, 15) is 8.78 Å². The zero-order chi connectivity index (χ0) is 10.9. The lowest BCUT2D eigenvalue weighted by Crippen LogP contribution is -2.15. The van der Waals surface area contributed by atoms with Crippen LogP contribution < -0.4 is 10.6 Å². The SMILES string of the molecule is CN(C)c1c(Cl)cc(F)c(CN)c1F. The van der Waals surface area contributed by atoms with Crippen molar-refractivity contribution in [3.8, 4) is 0 Å². The second-order valence-corrected chi connectivity index (χ2v) is 3.49. The van der Waals surface area contributed by atoms with E-state index in [0.29, 0.717) is 0 Å². The van der Waals surface area contributed by atoms with Crippen molar-refractivity contribution >= 4 is 17.3 Å². The number of hydrogen-bond acceptors (Lipinski definition) is 2. The van der Waals surface area contributed by atoms with Crippen LogP contribution in [0, 0.1) is 11.6 Å². The molecule has 0 radical (unpaired) electrons. The Morgan fingerprint density at radius 3 is 2.43 bits per heavy atom. The molecule has 14 heavy (non-hydrogen) atoms. The number of halogens is 3. The fourth-order valence-electron chi connectivity index (χ4n) is 1.22. The Bertz CT molecular complexity index is 353. The quantitative estimate of drug-likeness (QED) is 0.828. The molecule has 0 amide bonds. The lowest BCUT2D eigenvalue weighted by Gasteiger charge is -2.17. The molecule has 0 heterocycles. The molecule has 2 nitrogen and oxygen atoms in total. The predicted octanol–water partition coefficient (Wildman–Crippen LogP) is 2.14. The number of hydrogen-bond donors (Lipinski definition) is 1. The summed E-state index contributed by atoms with van der Waals surface area (Å²) in [6, 6.07) is 1.07. The van der Waals surface area contributed by atoms with Crippen molar-refractivity contribution in [2.24, 2.45) is 5.73 Å². The van der Waals surface area contributed by atoms with Gasteiger partial charge in [-0.05, 0) is 6.07 Å². The normalized spacial score (nSPS) is 10.4. The van der Waals surface area contributed by atoms with Crippen molar-refractivity contribution in [1.29, 1.82) is 0 Å². The number of rotatable bonds is 2. The molecule has 0 aromatic heterocycles. The van der Waals surface area contributed by atoms with Crippen LogP contribution >= 0.6 is 11.6 Å². The molecule has 0 fully saturated rings. The van der Waals surface area contributed by atoms with Crippen molar-refractivity contribution in [3.05, 3.63) is 28.3 Å². The minimum absolute atomic E-state index is 0.0437. The number of anilines is 1. The van der Waals surface area contributed by atoms with Crippen LogP contribution in [0.25, 0.3) is 0 Å². The van der Waals surface area contributed by atoms with Crippen molar-refractivity contribution in [2.45, 2.75) is 6.54 Å². The molecule has 0 saturated heterocycles. The van der Waals surface area contributed by atoms with Crippen LogP contribution in [0.3, 0.4) is 0 Å². The van der Waals surface area contributed by atoms with E-state index in [1.54, 1.807) is 14.1 Å². The minimum atomic E-state index is -0.708. The highest BCUT2D eigenvalue weighted by molar-refractivity contribution is 6.33. The van der Waals surface area contributed by atoms with Crippen molar-refractivity contribution in [3.63, 3.8) is 0 Å². The maximum absolute atomic E-state index is 13.6. The van der Waals surface area contributed by atoms with Crippen LogP contribution in [0.5, 0.6) is 0 Å². The van der Waals surface area contributed by atoms with Gasteiger partial charge < -0.3 is 10.6 Å². The first-order chi connectivity index (χ1) is 6.49. The lowest BCUT2D eigenvalue weighted by molar-refractivity contribution is 0.557. The summed E-state index contributed by atoms with van der Waals surface area (Å²) < 4.78 is 26.7. The molecule has 0 aliphatic carbocycles. The third kappa shape index (κ3) is 1.81. The van der Waals surface area contributed by atoms with Gasteiger partial charge in [0.25, 0.3) is 0 Å². The fraction of sp³-hybridized carbons (Fsp3) is 0.333. The summed E-state index contributed by atoms with van der Waals surface area (Å²) in [4.78, 5) is 1.48. The van der Waals surface area contributed by atoms with Crippen LogP contribution in [0.2, 0.25) is 5.02 Å². The molecule has 0 aliphatic heterocycles. The van der Waals surface area contributed by atoms with Crippen LogP contribution in [-0.4, -0.2) is 14.1 Å². The number of nitrogens with zero attached hydrogens (tertiary/aromatic N) is 1. The topological polar surface area (TPSA) is 29.3 Å². The summed E-state index contributed by atoms with van der Waals surface area (Å²) in [6.07, 6.45) is 0. The van der Waals surface area contributed by atoms with Gasteiger partial charge in [0.1, 0.15) is 5.82 Å². The average Bonchev–Trinajstić information content (AvgIpc) is 2.02. The van der Waals surface area contributed by atoms with Crippen LogP contribution in [0.15, 0.2) is 6.07 Å². The molecule has 0 aliphatic rings. The Hall–Kier alpha value is -0.870. The molecule has 2 N–H and O–H groups in total. The van der Waals surface area contributed by atoms with Crippen LogP contribution in [0.4, 0.5) is 14.5 Å². The van der Waals surface area contributed by atoms with Gasteiger partial charge in [-0.3, -0.25) is 0 Å². The largest absolute Gasteiger partial charge is 0.374 e. The summed E-state index contributed by atoms with van der Waals surface area (Å²) in [5.41, 5.74) is 5.25. The van der Waals surface area contributed by atoms with Gasteiger partial charge in [-0.15, -0.1) is 0 Å². The number of benzene rings is 1. The monoisotopic (exact) mass is 220 g/mol. The second-order valence-electron chi connectivity index (χ2n) is 3.08. The van der Waals surface area contributed by atoms with Gasteiger partial charge in [-0.1, -0.05) is 11.6 Å². The summed E-state index contributed by atoms with van der Waals surface area (Å²) in [6.45, 7) is -0.185. The maximum Gasteiger partial charge on any atom is 0.155 e. The van der Waals surface area contributed by atoms with Gasteiger partial charge in [0.2, 0.25) is 0 Å². The molecule has 0 saturated carbocycles. The number of nitrogens with two attached hydrogens (primary N) is 1. The molecule has 0 spiro atoms. The maximum atomic E-state index is 13.6. The Morgan fingerprint density at radius 2 is 2.00 bits per heavy atom. The molecule has 1 aromatic rings. The Morgan fingerprint density at radius 1 is 1.43 bits per heavy atom. The zero-order valence-corrected chi connectivity index (χ0v) is 8.70. The summed E-state index contributed by atoms with van der Waals surface area (Å²) >= 11 is 5.70. The molecule has 0 unspecified atom stereocenters. The van der Waals surface area contributed by atoms with E-state index in [4.69, 9.17) is 17.3 Å². The molecule has 78 valence electrons. The highest BCUT2D eigenvalue weighted by atomic mass is 35.5. The molecule has 0 atom stereocenters. The van der Waals surface area contributed by atoms with Gasteiger partial charge in [0.05, 0.1) is 10.7 Å². The first kappa shape index (κ1) is 11.2. The summed E-state index contributed by atoms with van der Waals surface area (Å²) in [7, 11) is 3.25. The predicted molar refractivity (Wildman–Crippen MR) is 53.6 cm³/mol.